The Labute approximate surface area is 187 Å². The number of fused-ring (bicyclic) bond motifs is 2. The molecule has 0 bridgehead atoms. The molecule has 4 aromatic rings. The Morgan fingerprint density at radius 1 is 0.733 bits per heavy atom. The SMILES string of the molecule is NSP(=O)(SN)n1cnc2ccccc21.NSP(=O)(SN)n1nnc2ccccc21. The molecule has 0 aliphatic rings. The largest absolute Gasteiger partial charge is 0.329 e. The zero-order chi connectivity index (χ0) is 21.8. The second-order valence-electron chi connectivity index (χ2n) is 5.40. The van der Waals surface area contributed by atoms with E-state index in [4.69, 9.17) is 20.6 Å². The van der Waals surface area contributed by atoms with Crippen LogP contribution >= 0.6 is 57.7 Å². The van der Waals surface area contributed by atoms with Crippen LogP contribution in [-0.2, 0) is 9.13 Å². The van der Waals surface area contributed by atoms with Gasteiger partial charge in [-0.05, 0) is 24.3 Å². The van der Waals surface area contributed by atoms with Gasteiger partial charge in [-0.25, -0.2) is 4.98 Å². The minimum absolute atomic E-state index is 0.664. The van der Waals surface area contributed by atoms with Crippen molar-refractivity contribution in [3.8, 4) is 0 Å². The Hall–Kier alpha value is -0.990. The van der Waals surface area contributed by atoms with Crippen molar-refractivity contribution in [2.45, 2.75) is 0 Å². The van der Waals surface area contributed by atoms with E-state index < -0.39 is 11.4 Å². The fourth-order valence-corrected chi connectivity index (χ4v) is 7.93. The third kappa shape index (κ3) is 4.60. The first-order chi connectivity index (χ1) is 14.4. The molecule has 0 saturated heterocycles. The lowest BCUT2D eigenvalue weighted by atomic mass is 10.3. The summed E-state index contributed by atoms with van der Waals surface area (Å²) in [5.74, 6) is 0. The topological polar surface area (TPSA) is 187 Å². The summed E-state index contributed by atoms with van der Waals surface area (Å²) in [6.07, 6.45) is 1.51. The van der Waals surface area contributed by atoms with E-state index in [0.29, 0.717) is 34.2 Å². The van der Waals surface area contributed by atoms with Gasteiger partial charge in [0.2, 0.25) is 0 Å². The summed E-state index contributed by atoms with van der Waals surface area (Å²) in [6, 6.07) is 14.6. The molecule has 4 rings (SSSR count). The number of para-hydroxylation sites is 3. The smallest absolute Gasteiger partial charge is 0.273 e. The van der Waals surface area contributed by atoms with Crippen molar-refractivity contribution in [3.05, 3.63) is 54.9 Å². The minimum atomic E-state index is -3.00. The minimum Gasteiger partial charge on any atom is -0.273 e. The number of aromatic nitrogens is 5. The molecule has 30 heavy (non-hydrogen) atoms. The van der Waals surface area contributed by atoms with Gasteiger partial charge < -0.3 is 0 Å². The lowest BCUT2D eigenvalue weighted by Crippen LogP contribution is -1.98. The molecule has 0 aliphatic heterocycles. The first kappa shape index (κ1) is 23.7. The summed E-state index contributed by atoms with van der Waals surface area (Å²) in [6.45, 7) is 0. The van der Waals surface area contributed by atoms with Crippen molar-refractivity contribution in [1.29, 1.82) is 0 Å². The maximum absolute atomic E-state index is 12.2. The Morgan fingerprint density at radius 2 is 1.27 bits per heavy atom. The number of rotatable bonds is 6. The zero-order valence-electron chi connectivity index (χ0n) is 15.1. The van der Waals surface area contributed by atoms with Gasteiger partial charge in [0.05, 0.1) is 16.6 Å². The molecule has 2 aromatic heterocycles. The molecule has 2 heterocycles. The van der Waals surface area contributed by atoms with E-state index in [1.54, 1.807) is 12.1 Å². The average molecular weight is 522 g/mol. The average Bonchev–Trinajstić information content (AvgIpc) is 3.43. The number of nitrogens with zero attached hydrogens (tertiary/aromatic N) is 5. The predicted octanol–water partition coefficient (Wildman–Crippen LogP) is 3.81. The number of hydrogen-bond donors (Lipinski definition) is 4. The Bertz CT molecular complexity index is 1140. The summed E-state index contributed by atoms with van der Waals surface area (Å²) in [7, 11) is 0. The monoisotopic (exact) mass is 521 g/mol. The zero-order valence-corrected chi connectivity index (χ0v) is 20.1. The molecule has 0 amide bonds. The molecule has 0 aliphatic carbocycles. The quantitative estimate of drug-likeness (QED) is 0.212. The van der Waals surface area contributed by atoms with Crippen molar-refractivity contribution in [2.24, 2.45) is 20.6 Å². The normalized spacial score (nSPS) is 12.1. The second kappa shape index (κ2) is 10.1. The van der Waals surface area contributed by atoms with Crippen molar-refractivity contribution in [3.63, 3.8) is 0 Å². The molecule has 8 N–H and O–H groups in total. The number of benzene rings is 2. The van der Waals surface area contributed by atoms with Crippen LogP contribution in [0.4, 0.5) is 0 Å². The van der Waals surface area contributed by atoms with Gasteiger partial charge in [0, 0.05) is 46.3 Å². The van der Waals surface area contributed by atoms with Crippen molar-refractivity contribution in [2.75, 3.05) is 0 Å². The van der Waals surface area contributed by atoms with Crippen LogP contribution < -0.4 is 20.6 Å². The Morgan fingerprint density at radius 3 is 1.87 bits per heavy atom. The molecule has 17 heteroatoms. The number of nitrogens with two attached hydrogens (primary N) is 4. The number of imidazole rings is 1. The van der Waals surface area contributed by atoms with E-state index in [1.165, 1.54) is 15.1 Å². The van der Waals surface area contributed by atoms with Crippen LogP contribution in [0.5, 0.6) is 0 Å². The molecular weight excluding hydrogens is 504 g/mol. The first-order valence-electron chi connectivity index (χ1n) is 7.90. The Balaban J connectivity index is 0.000000171. The standard InChI is InChI=1S/C7H9N4OPS2.C6H8N5OPS2/c8-14-13(12,15-9)11-5-10-6-3-1-2-4-7(6)11;7-14-13(12,15-8)11-6-4-2-1-3-5(6)9-10-11/h1-5H,8-9H2;1-4H,7-8H2. The third-order valence-corrected chi connectivity index (χ3v) is 14.7. The van der Waals surface area contributed by atoms with E-state index in [2.05, 4.69) is 15.3 Å². The maximum atomic E-state index is 12.2. The van der Waals surface area contributed by atoms with Gasteiger partial charge in [0.25, 0.3) is 0 Å². The predicted molar refractivity (Wildman–Crippen MR) is 130 cm³/mol. The Kier molecular flexibility index (Phi) is 7.96. The molecule has 0 radical (unpaired) electrons. The highest BCUT2D eigenvalue weighted by molar-refractivity contribution is 8.89. The van der Waals surface area contributed by atoms with Gasteiger partial charge in [-0.3, -0.25) is 34.0 Å². The molecule has 0 unspecified atom stereocenters. The van der Waals surface area contributed by atoms with Crippen molar-refractivity contribution >= 4 is 79.7 Å². The number of hydrogen-bond acceptors (Lipinski definition) is 13. The molecule has 160 valence electrons. The molecule has 0 saturated carbocycles. The highest BCUT2D eigenvalue weighted by atomic mass is 33.1. The fraction of sp³-hybridized carbons (Fsp3) is 0. The van der Waals surface area contributed by atoms with Crippen molar-refractivity contribution < 1.29 is 9.13 Å². The van der Waals surface area contributed by atoms with E-state index in [9.17, 15) is 9.13 Å². The highest BCUT2D eigenvalue weighted by Crippen LogP contribution is 2.66. The molecule has 11 nitrogen and oxygen atoms in total. The summed E-state index contributed by atoms with van der Waals surface area (Å²) < 4.78 is 27.2. The van der Waals surface area contributed by atoms with E-state index >= 15 is 0 Å². The van der Waals surface area contributed by atoms with E-state index in [1.807, 2.05) is 36.4 Å². The van der Waals surface area contributed by atoms with Gasteiger partial charge in [0.1, 0.15) is 11.8 Å². The van der Waals surface area contributed by atoms with Crippen LogP contribution in [0.15, 0.2) is 54.9 Å². The molecule has 2 aromatic carbocycles. The lowest BCUT2D eigenvalue weighted by Gasteiger charge is -2.12. The van der Waals surface area contributed by atoms with Crippen LogP contribution in [0.25, 0.3) is 22.1 Å². The van der Waals surface area contributed by atoms with Gasteiger partial charge in [-0.15, -0.1) is 5.10 Å². The van der Waals surface area contributed by atoms with Crippen LogP contribution in [0, 0.1) is 0 Å². The summed E-state index contributed by atoms with van der Waals surface area (Å²) in [5, 5.41) is 29.2. The lowest BCUT2D eigenvalue weighted by molar-refractivity contribution is 0.584. The molecular formula is C13H17N9O2P2S4. The highest BCUT2D eigenvalue weighted by Gasteiger charge is 2.27. The first-order valence-corrected chi connectivity index (χ1v) is 17.2. The maximum Gasteiger partial charge on any atom is 0.329 e. The summed E-state index contributed by atoms with van der Waals surface area (Å²) in [4.78, 5) is 4.13. The van der Waals surface area contributed by atoms with Gasteiger partial charge in [0.15, 0.2) is 0 Å². The van der Waals surface area contributed by atoms with Gasteiger partial charge in [-0.1, -0.05) is 29.5 Å². The summed E-state index contributed by atoms with van der Waals surface area (Å²) in [5.41, 5.74) is -3.00. The van der Waals surface area contributed by atoms with Crippen LogP contribution in [-0.4, -0.2) is 24.1 Å². The molecule has 0 spiro atoms. The molecule has 0 fully saturated rings. The van der Waals surface area contributed by atoms with Crippen LogP contribution in [0.1, 0.15) is 0 Å². The van der Waals surface area contributed by atoms with Crippen LogP contribution in [0.3, 0.4) is 0 Å². The van der Waals surface area contributed by atoms with Gasteiger partial charge in [-0.2, -0.15) is 4.45 Å². The third-order valence-electron chi connectivity index (χ3n) is 3.80. The second-order valence-corrected chi connectivity index (χ2v) is 18.8. The van der Waals surface area contributed by atoms with Crippen LogP contribution in [0.2, 0.25) is 0 Å². The van der Waals surface area contributed by atoms with E-state index in [0.717, 1.165) is 34.2 Å². The fourth-order valence-electron chi connectivity index (χ4n) is 2.42. The van der Waals surface area contributed by atoms with E-state index in [-0.39, 0.29) is 0 Å². The van der Waals surface area contributed by atoms with Gasteiger partial charge >= 0.3 is 11.4 Å². The summed E-state index contributed by atoms with van der Waals surface area (Å²) >= 11 is 2.92. The van der Waals surface area contributed by atoms with Crippen molar-refractivity contribution in [1.82, 2.24) is 24.1 Å². The molecule has 0 atom stereocenters.